The van der Waals surface area contributed by atoms with Crippen molar-refractivity contribution in [1.29, 1.82) is 0 Å². The lowest BCUT2D eigenvalue weighted by Crippen LogP contribution is -2.01. The van der Waals surface area contributed by atoms with Gasteiger partial charge in [-0.05, 0) is 5.92 Å². The molecule has 0 aromatic rings. The maximum absolute atomic E-state index is 11.3. The number of allylic oxidation sites excluding steroid dienone is 2. The van der Waals surface area contributed by atoms with Crippen LogP contribution in [0.1, 0.15) is 13.8 Å². The van der Waals surface area contributed by atoms with Crippen molar-refractivity contribution in [2.75, 3.05) is 0 Å². The van der Waals surface area contributed by atoms with E-state index in [-0.39, 0.29) is 12.0 Å². The summed E-state index contributed by atoms with van der Waals surface area (Å²) in [5.74, 6) is -0.0355. The van der Waals surface area contributed by atoms with Gasteiger partial charge in [0, 0.05) is 6.08 Å². The fourth-order valence-electron chi connectivity index (χ4n) is 0.302. The minimum absolute atomic E-state index is 0.0355. The first-order chi connectivity index (χ1) is 3.92. The zero-order valence-electron chi connectivity index (χ0n) is 5.37. The summed E-state index contributed by atoms with van der Waals surface area (Å²) in [6.45, 7) is 3.39. The molecule has 0 amide bonds. The molecule has 0 atom stereocenters. The Bertz CT molecular complexity index is 99.4. The van der Waals surface area contributed by atoms with Crippen molar-refractivity contribution >= 4 is 0 Å². The highest BCUT2D eigenvalue weighted by Crippen LogP contribution is 2.16. The highest BCUT2D eigenvalue weighted by Gasteiger charge is 2.21. The summed E-state index contributed by atoms with van der Waals surface area (Å²) in [4.78, 5) is 0. The summed E-state index contributed by atoms with van der Waals surface area (Å²) in [6, 6.07) is 0. The SMILES string of the molecule is CC(C)C=CC(F)(F)F. The van der Waals surface area contributed by atoms with Crippen LogP contribution in [0.5, 0.6) is 0 Å². The molecule has 3 heteroatoms. The number of hydrogen-bond donors (Lipinski definition) is 0. The Balaban J connectivity index is 3.71. The predicted octanol–water partition coefficient (Wildman–Crippen LogP) is 2.76. The van der Waals surface area contributed by atoms with Crippen LogP contribution in [0.4, 0.5) is 13.2 Å². The van der Waals surface area contributed by atoms with E-state index >= 15 is 0 Å². The first-order valence-electron chi connectivity index (χ1n) is 2.68. The zero-order valence-corrected chi connectivity index (χ0v) is 5.37. The Kier molecular flexibility index (Phi) is 2.74. The third-order valence-electron chi connectivity index (χ3n) is 0.670. The Labute approximate surface area is 52.4 Å². The molecule has 0 saturated heterocycles. The molecule has 0 N–H and O–H groups in total. The van der Waals surface area contributed by atoms with E-state index in [1.165, 1.54) is 0 Å². The first-order valence-corrected chi connectivity index (χ1v) is 2.68. The van der Waals surface area contributed by atoms with E-state index in [1.54, 1.807) is 13.8 Å². The zero-order chi connectivity index (χ0) is 7.49. The predicted molar refractivity (Wildman–Crippen MR) is 30.0 cm³/mol. The average Bonchev–Trinajstić information content (AvgIpc) is 1.59. The molecule has 0 rings (SSSR count). The van der Waals surface area contributed by atoms with Gasteiger partial charge in [0.2, 0.25) is 0 Å². The van der Waals surface area contributed by atoms with E-state index in [0.29, 0.717) is 0 Å². The minimum Gasteiger partial charge on any atom is -0.167 e. The number of alkyl halides is 3. The topological polar surface area (TPSA) is 0 Å². The van der Waals surface area contributed by atoms with Gasteiger partial charge in [0.1, 0.15) is 0 Å². The van der Waals surface area contributed by atoms with Crippen molar-refractivity contribution in [3.63, 3.8) is 0 Å². The van der Waals surface area contributed by atoms with Gasteiger partial charge in [0.15, 0.2) is 0 Å². The molecule has 0 fully saturated rings. The molecule has 0 spiro atoms. The largest absolute Gasteiger partial charge is 0.409 e. The van der Waals surface area contributed by atoms with Crippen molar-refractivity contribution < 1.29 is 13.2 Å². The van der Waals surface area contributed by atoms with Crippen molar-refractivity contribution in [2.45, 2.75) is 20.0 Å². The molecule has 0 aromatic heterocycles. The van der Waals surface area contributed by atoms with Crippen LogP contribution < -0.4 is 0 Å². The third-order valence-corrected chi connectivity index (χ3v) is 0.670. The van der Waals surface area contributed by atoms with Crippen molar-refractivity contribution in [3.05, 3.63) is 12.2 Å². The molecule has 0 bridgehead atoms. The Morgan fingerprint density at radius 2 is 1.67 bits per heavy atom. The highest BCUT2D eigenvalue weighted by molar-refractivity contribution is 4.90. The monoisotopic (exact) mass is 138 g/mol. The lowest BCUT2D eigenvalue weighted by molar-refractivity contribution is -0.0802. The second-order valence-electron chi connectivity index (χ2n) is 2.14. The maximum atomic E-state index is 11.3. The summed E-state index contributed by atoms with van der Waals surface area (Å²) >= 11 is 0. The number of hydrogen-bond acceptors (Lipinski definition) is 0. The second-order valence-corrected chi connectivity index (χ2v) is 2.14. The normalized spacial score (nSPS) is 13.6. The average molecular weight is 138 g/mol. The standard InChI is InChI=1S/C6H9F3/c1-5(2)3-4-6(7,8)9/h3-5H,1-2H3. The van der Waals surface area contributed by atoms with Crippen LogP contribution in [0.3, 0.4) is 0 Å². The number of halogens is 3. The van der Waals surface area contributed by atoms with Crippen LogP contribution in [0.2, 0.25) is 0 Å². The van der Waals surface area contributed by atoms with Crippen LogP contribution >= 0.6 is 0 Å². The van der Waals surface area contributed by atoms with E-state index in [0.717, 1.165) is 6.08 Å². The van der Waals surface area contributed by atoms with Crippen molar-refractivity contribution in [3.8, 4) is 0 Å². The third kappa shape index (κ3) is 7.53. The fourth-order valence-corrected chi connectivity index (χ4v) is 0.302. The number of rotatable bonds is 1. The molecule has 0 saturated carbocycles. The molecule has 0 unspecified atom stereocenters. The summed E-state index contributed by atoms with van der Waals surface area (Å²) in [6.07, 6.45) is -2.76. The molecular formula is C6H9F3. The van der Waals surface area contributed by atoms with Gasteiger partial charge in [-0.15, -0.1) is 0 Å². The van der Waals surface area contributed by atoms with E-state index < -0.39 is 6.18 Å². The van der Waals surface area contributed by atoms with Gasteiger partial charge in [-0.2, -0.15) is 13.2 Å². The van der Waals surface area contributed by atoms with E-state index in [9.17, 15) is 13.2 Å². The summed E-state index contributed by atoms with van der Waals surface area (Å²) < 4.78 is 34.0. The molecule has 0 nitrogen and oxygen atoms in total. The van der Waals surface area contributed by atoms with Gasteiger partial charge in [0.05, 0.1) is 0 Å². The molecule has 0 aromatic carbocycles. The highest BCUT2D eigenvalue weighted by atomic mass is 19.4. The van der Waals surface area contributed by atoms with Gasteiger partial charge < -0.3 is 0 Å². The van der Waals surface area contributed by atoms with Crippen molar-refractivity contribution in [1.82, 2.24) is 0 Å². The summed E-state index contributed by atoms with van der Waals surface area (Å²) in [5, 5.41) is 0. The van der Waals surface area contributed by atoms with Gasteiger partial charge in [-0.3, -0.25) is 0 Å². The summed E-state index contributed by atoms with van der Waals surface area (Å²) in [7, 11) is 0. The molecule has 0 radical (unpaired) electrons. The van der Waals surface area contributed by atoms with Crippen molar-refractivity contribution in [2.24, 2.45) is 5.92 Å². The molecular weight excluding hydrogens is 129 g/mol. The van der Waals surface area contributed by atoms with E-state index in [2.05, 4.69) is 0 Å². The minimum atomic E-state index is -4.15. The molecule has 0 aliphatic carbocycles. The lowest BCUT2D eigenvalue weighted by Gasteiger charge is -1.98. The van der Waals surface area contributed by atoms with Gasteiger partial charge in [-0.25, -0.2) is 0 Å². The Hall–Kier alpha value is -0.470. The Morgan fingerprint density at radius 3 is 1.78 bits per heavy atom. The molecule has 0 heterocycles. The smallest absolute Gasteiger partial charge is 0.167 e. The van der Waals surface area contributed by atoms with Crippen LogP contribution in [-0.4, -0.2) is 6.18 Å². The van der Waals surface area contributed by atoms with Crippen LogP contribution in [0.15, 0.2) is 12.2 Å². The van der Waals surface area contributed by atoms with Crippen LogP contribution in [0, 0.1) is 5.92 Å². The second kappa shape index (κ2) is 2.90. The van der Waals surface area contributed by atoms with Gasteiger partial charge in [-0.1, -0.05) is 19.9 Å². The molecule has 54 valence electrons. The van der Waals surface area contributed by atoms with E-state index in [1.807, 2.05) is 0 Å². The molecule has 0 aliphatic rings. The quantitative estimate of drug-likeness (QED) is 0.489. The Morgan fingerprint density at radius 1 is 1.22 bits per heavy atom. The van der Waals surface area contributed by atoms with E-state index in [4.69, 9.17) is 0 Å². The lowest BCUT2D eigenvalue weighted by atomic mass is 10.2. The molecule has 0 aliphatic heterocycles. The van der Waals surface area contributed by atoms with Crippen LogP contribution in [0.25, 0.3) is 0 Å². The fraction of sp³-hybridized carbons (Fsp3) is 0.667. The first kappa shape index (κ1) is 8.53. The molecule has 9 heavy (non-hydrogen) atoms. The van der Waals surface area contributed by atoms with Gasteiger partial charge in [0.25, 0.3) is 0 Å². The van der Waals surface area contributed by atoms with Crippen LogP contribution in [-0.2, 0) is 0 Å². The maximum Gasteiger partial charge on any atom is 0.409 e. The van der Waals surface area contributed by atoms with Gasteiger partial charge >= 0.3 is 6.18 Å². The summed E-state index contributed by atoms with van der Waals surface area (Å²) in [5.41, 5.74) is 0.